The highest BCUT2D eigenvalue weighted by Crippen LogP contribution is 2.46. The molecule has 1 heterocycles. The molecule has 0 unspecified atom stereocenters. The summed E-state index contributed by atoms with van der Waals surface area (Å²) in [5.74, 6) is 0. The molecule has 5 heteroatoms. The Bertz CT molecular complexity index is 552. The van der Waals surface area contributed by atoms with Gasteiger partial charge < -0.3 is 14.4 Å². The molecule has 0 spiro atoms. The van der Waals surface area contributed by atoms with E-state index in [2.05, 4.69) is 11.4 Å². The van der Waals surface area contributed by atoms with Gasteiger partial charge in [-0.1, -0.05) is 31.2 Å². The summed E-state index contributed by atoms with van der Waals surface area (Å²) in [5, 5.41) is 13.5. The largest absolute Gasteiger partial charge is 0.386 e. The maximum atomic E-state index is 10.6. The van der Waals surface area contributed by atoms with Gasteiger partial charge in [0.1, 0.15) is 17.9 Å². The number of benzene rings is 1. The Morgan fingerprint density at radius 1 is 1.29 bits per heavy atom. The SMILES string of the molecule is CC1(C)N[C@H]2c3ccccc3[C@@H](O)[C@H]2O1.CCP(C)(C)=O. The topological polar surface area (TPSA) is 58.6 Å². The minimum absolute atomic E-state index is 0.131. The number of hydrogen-bond donors (Lipinski definition) is 2. The maximum absolute atomic E-state index is 10.6. The van der Waals surface area contributed by atoms with E-state index in [4.69, 9.17) is 4.74 Å². The van der Waals surface area contributed by atoms with Crippen molar-refractivity contribution in [2.24, 2.45) is 0 Å². The lowest BCUT2D eigenvalue weighted by molar-refractivity contribution is -0.0740. The van der Waals surface area contributed by atoms with Crippen molar-refractivity contribution in [1.29, 1.82) is 0 Å². The lowest BCUT2D eigenvalue weighted by atomic mass is 10.1. The molecule has 3 rings (SSSR count). The fourth-order valence-corrected chi connectivity index (χ4v) is 2.64. The number of ether oxygens (including phenoxy) is 1. The van der Waals surface area contributed by atoms with E-state index >= 15 is 0 Å². The van der Waals surface area contributed by atoms with Gasteiger partial charge in [0.2, 0.25) is 0 Å². The summed E-state index contributed by atoms with van der Waals surface area (Å²) >= 11 is 0. The normalized spacial score (nSPS) is 29.3. The van der Waals surface area contributed by atoms with Crippen LogP contribution in [0.25, 0.3) is 0 Å². The van der Waals surface area contributed by atoms with Gasteiger partial charge in [-0.05, 0) is 44.5 Å². The van der Waals surface area contributed by atoms with Gasteiger partial charge in [-0.2, -0.15) is 0 Å². The van der Waals surface area contributed by atoms with E-state index < -0.39 is 13.2 Å². The summed E-state index contributed by atoms with van der Waals surface area (Å²) in [4.78, 5) is 0. The van der Waals surface area contributed by atoms with Crippen LogP contribution >= 0.6 is 7.14 Å². The van der Waals surface area contributed by atoms with Crippen LogP contribution in [-0.4, -0.2) is 36.4 Å². The zero-order valence-corrected chi connectivity index (χ0v) is 14.4. The third kappa shape index (κ3) is 3.75. The van der Waals surface area contributed by atoms with E-state index in [-0.39, 0.29) is 17.9 Å². The van der Waals surface area contributed by atoms with Crippen LogP contribution in [0.15, 0.2) is 24.3 Å². The van der Waals surface area contributed by atoms with Crippen molar-refractivity contribution in [2.45, 2.75) is 44.7 Å². The molecule has 21 heavy (non-hydrogen) atoms. The van der Waals surface area contributed by atoms with Gasteiger partial charge in [0.05, 0.1) is 13.2 Å². The van der Waals surface area contributed by atoms with Crippen LogP contribution < -0.4 is 5.32 Å². The Kier molecular flexibility index (Phi) is 4.65. The standard InChI is InChI=1S/C12H15NO2.C4H11OP/c1-12(2)13-9-7-5-3-4-6-8(7)10(14)11(9)15-12;1-4-6(2,3)5/h3-6,9-11,13-14H,1-2H3;4H2,1-3H3/t9-,10+,11-;/m0./s1. The number of aliphatic hydroxyl groups excluding tert-OH is 1. The first kappa shape index (κ1) is 16.7. The molecule has 0 amide bonds. The van der Waals surface area contributed by atoms with E-state index in [1.165, 1.54) is 5.56 Å². The maximum Gasteiger partial charge on any atom is 0.114 e. The molecule has 1 aliphatic heterocycles. The van der Waals surface area contributed by atoms with Gasteiger partial charge in [-0.15, -0.1) is 0 Å². The van der Waals surface area contributed by atoms with Crippen LogP contribution in [0.4, 0.5) is 0 Å². The Hall–Kier alpha value is -0.670. The van der Waals surface area contributed by atoms with Crippen molar-refractivity contribution in [3.8, 4) is 0 Å². The second kappa shape index (κ2) is 5.85. The lowest BCUT2D eigenvalue weighted by Crippen LogP contribution is -2.35. The summed E-state index contributed by atoms with van der Waals surface area (Å²) in [6.45, 7) is 9.52. The monoisotopic (exact) mass is 311 g/mol. The predicted molar refractivity (Wildman–Crippen MR) is 86.2 cm³/mol. The molecule has 0 aromatic heterocycles. The quantitative estimate of drug-likeness (QED) is 0.782. The van der Waals surface area contributed by atoms with Crippen LogP contribution in [0.3, 0.4) is 0 Å². The Morgan fingerprint density at radius 2 is 1.81 bits per heavy atom. The van der Waals surface area contributed by atoms with Gasteiger partial charge in [0.25, 0.3) is 0 Å². The summed E-state index contributed by atoms with van der Waals surface area (Å²) in [5.41, 5.74) is 1.82. The summed E-state index contributed by atoms with van der Waals surface area (Å²) < 4.78 is 16.4. The molecule has 2 aliphatic rings. The fraction of sp³-hybridized carbons (Fsp3) is 0.625. The number of aliphatic hydroxyl groups is 1. The lowest BCUT2D eigenvalue weighted by Gasteiger charge is -2.21. The molecule has 1 saturated heterocycles. The van der Waals surface area contributed by atoms with Crippen LogP contribution in [0.2, 0.25) is 0 Å². The first-order chi connectivity index (χ1) is 9.64. The van der Waals surface area contributed by atoms with Gasteiger partial charge in [-0.25, -0.2) is 0 Å². The zero-order valence-electron chi connectivity index (χ0n) is 13.5. The molecule has 4 nitrogen and oxygen atoms in total. The first-order valence-electron chi connectivity index (χ1n) is 7.41. The fourth-order valence-electron chi connectivity index (χ4n) is 2.64. The molecule has 0 bridgehead atoms. The average molecular weight is 311 g/mol. The molecule has 1 fully saturated rings. The van der Waals surface area contributed by atoms with E-state index in [1.54, 1.807) is 13.3 Å². The van der Waals surface area contributed by atoms with Crippen LogP contribution in [0, 0.1) is 0 Å². The van der Waals surface area contributed by atoms with Crippen LogP contribution in [-0.2, 0) is 9.30 Å². The smallest absolute Gasteiger partial charge is 0.114 e. The highest BCUT2D eigenvalue weighted by molar-refractivity contribution is 7.62. The minimum atomic E-state index is -1.65. The first-order valence-corrected chi connectivity index (χ1v) is 10.2. The molecule has 2 N–H and O–H groups in total. The molecule has 0 saturated carbocycles. The summed E-state index contributed by atoms with van der Waals surface area (Å²) in [6, 6.07) is 8.11. The molecular formula is C16H26NO3P. The second-order valence-electron chi connectivity index (χ2n) is 6.68. The Morgan fingerprint density at radius 3 is 2.33 bits per heavy atom. The van der Waals surface area contributed by atoms with Crippen molar-refractivity contribution >= 4 is 7.14 Å². The predicted octanol–water partition coefficient (Wildman–Crippen LogP) is 3.13. The van der Waals surface area contributed by atoms with Crippen LogP contribution in [0.5, 0.6) is 0 Å². The van der Waals surface area contributed by atoms with Crippen molar-refractivity contribution < 1.29 is 14.4 Å². The Balaban J connectivity index is 0.000000232. The summed E-state index contributed by atoms with van der Waals surface area (Å²) in [6.07, 6.45) is 0.186. The molecule has 1 aliphatic carbocycles. The minimum Gasteiger partial charge on any atom is -0.386 e. The third-order valence-corrected chi connectivity index (χ3v) is 5.51. The Labute approximate surface area is 127 Å². The van der Waals surface area contributed by atoms with Gasteiger partial charge in [0, 0.05) is 0 Å². The highest BCUT2D eigenvalue weighted by atomic mass is 31.2. The molecule has 118 valence electrons. The average Bonchev–Trinajstić information content (AvgIpc) is 2.84. The van der Waals surface area contributed by atoms with Gasteiger partial charge in [0.15, 0.2) is 0 Å². The van der Waals surface area contributed by atoms with E-state index in [9.17, 15) is 9.67 Å². The molecule has 3 atom stereocenters. The molecule has 1 aromatic rings. The number of nitrogens with one attached hydrogen (secondary N) is 1. The van der Waals surface area contributed by atoms with E-state index in [0.717, 1.165) is 11.7 Å². The van der Waals surface area contributed by atoms with Gasteiger partial charge >= 0.3 is 0 Å². The van der Waals surface area contributed by atoms with Gasteiger partial charge in [-0.3, -0.25) is 5.32 Å². The summed E-state index contributed by atoms with van der Waals surface area (Å²) in [7, 11) is -1.65. The third-order valence-electron chi connectivity index (χ3n) is 3.98. The molecular weight excluding hydrogens is 285 g/mol. The van der Waals surface area contributed by atoms with Crippen molar-refractivity contribution in [1.82, 2.24) is 5.32 Å². The second-order valence-corrected chi connectivity index (χ2v) is 10.5. The number of fused-ring (bicyclic) bond motifs is 3. The molecule has 1 aromatic carbocycles. The zero-order chi connectivity index (χ0) is 15.8. The van der Waals surface area contributed by atoms with Crippen molar-refractivity contribution in [3.63, 3.8) is 0 Å². The van der Waals surface area contributed by atoms with Crippen molar-refractivity contribution in [3.05, 3.63) is 35.4 Å². The van der Waals surface area contributed by atoms with Crippen molar-refractivity contribution in [2.75, 3.05) is 19.5 Å². The highest BCUT2D eigenvalue weighted by Gasteiger charge is 2.49. The van der Waals surface area contributed by atoms with E-state index in [0.29, 0.717) is 0 Å². The molecule has 0 radical (unpaired) electrons. The number of hydrogen-bond acceptors (Lipinski definition) is 4. The number of rotatable bonds is 1. The van der Waals surface area contributed by atoms with Crippen LogP contribution in [0.1, 0.15) is 44.0 Å². The van der Waals surface area contributed by atoms with E-state index in [1.807, 2.05) is 39.0 Å².